The van der Waals surface area contributed by atoms with Gasteiger partial charge in [0.25, 0.3) is 5.91 Å². The number of nitrogens with zero attached hydrogens (tertiary/aromatic N) is 8. The third-order valence-electron chi connectivity index (χ3n) is 16.5. The number of nitrogens with one attached hydrogen (secondary N) is 1. The van der Waals surface area contributed by atoms with Gasteiger partial charge in [-0.1, -0.05) is 31.9 Å². The number of hydrogen-bond donors (Lipinski definition) is 3. The zero-order chi connectivity index (χ0) is 51.9. The molecule has 5 fully saturated rings. The number of hydrogen-bond acceptors (Lipinski definition) is 12. The van der Waals surface area contributed by atoms with Crippen molar-refractivity contribution < 1.29 is 38.1 Å². The summed E-state index contributed by atoms with van der Waals surface area (Å²) < 4.78 is 38.3. The molecule has 3 aromatic carbocycles. The Balaban J connectivity index is 0.728. The first kappa shape index (κ1) is 51.0. The van der Waals surface area contributed by atoms with Gasteiger partial charge in [-0.2, -0.15) is 9.97 Å². The number of amides is 4. The second-order valence-corrected chi connectivity index (χ2v) is 21.9. The number of carbonyl (C=O) groups is 3. The highest BCUT2D eigenvalue weighted by Crippen LogP contribution is 2.47. The van der Waals surface area contributed by atoms with Crippen molar-refractivity contribution >= 4 is 51.0 Å². The van der Waals surface area contributed by atoms with Crippen molar-refractivity contribution in [3.05, 3.63) is 77.0 Å². The van der Waals surface area contributed by atoms with Gasteiger partial charge in [0.15, 0.2) is 5.82 Å². The van der Waals surface area contributed by atoms with E-state index in [0.29, 0.717) is 66.1 Å². The van der Waals surface area contributed by atoms with Gasteiger partial charge >= 0.3 is 12.0 Å². The highest BCUT2D eigenvalue weighted by Gasteiger charge is 2.40. The lowest BCUT2D eigenvalue weighted by molar-refractivity contribution is -0.120. The normalized spacial score (nSPS) is 21.6. The summed E-state index contributed by atoms with van der Waals surface area (Å²) in [5.74, 6) is 1.63. The molecule has 1 aliphatic carbocycles. The monoisotopic (exact) mass is 1010 g/mol. The highest BCUT2D eigenvalue weighted by atomic mass is 19.1. The molecule has 4 amide bonds. The topological polar surface area (TPSA) is 168 Å². The van der Waals surface area contributed by atoms with Gasteiger partial charge in [0.05, 0.1) is 23.2 Å². The minimum Gasteiger partial charge on any atom is -0.508 e. The number of carbonyl (C=O) groups excluding carboxylic acids is 3. The maximum absolute atomic E-state index is 17.0. The first-order chi connectivity index (χ1) is 35.6. The Labute approximate surface area is 431 Å². The minimum atomic E-state index is -0.988. The summed E-state index contributed by atoms with van der Waals surface area (Å²) in [7, 11) is 0. The van der Waals surface area contributed by atoms with Gasteiger partial charge in [0, 0.05) is 113 Å². The van der Waals surface area contributed by atoms with E-state index in [1.807, 2.05) is 34.9 Å². The van der Waals surface area contributed by atoms with Gasteiger partial charge in [0.1, 0.15) is 28.6 Å². The molecule has 4 saturated heterocycles. The summed E-state index contributed by atoms with van der Waals surface area (Å²) in [5, 5.41) is 25.1. The number of urea groups is 1. The van der Waals surface area contributed by atoms with Crippen LogP contribution in [0.25, 0.3) is 32.9 Å². The molecule has 74 heavy (non-hydrogen) atoms. The number of phenolic OH excluding ortho intramolecular Hbond substituents is 1. The molecule has 10 rings (SSSR count). The molecule has 0 radical (unpaired) electrons. The molecule has 1 spiro atoms. The van der Waals surface area contributed by atoms with E-state index in [2.05, 4.69) is 37.9 Å². The number of benzene rings is 3. The molecular formula is C57H67F2N9O6. The fourth-order valence-corrected chi connectivity index (χ4v) is 12.3. The van der Waals surface area contributed by atoms with Gasteiger partial charge in [-0.3, -0.25) is 24.8 Å². The number of halogens is 2. The lowest BCUT2D eigenvalue weighted by Gasteiger charge is -2.47. The van der Waals surface area contributed by atoms with Crippen molar-refractivity contribution in [1.29, 1.82) is 0 Å². The first-order valence-corrected chi connectivity index (χ1v) is 26.5. The third-order valence-corrected chi connectivity index (χ3v) is 16.5. The van der Waals surface area contributed by atoms with Crippen LogP contribution in [0.5, 0.6) is 11.8 Å². The van der Waals surface area contributed by atoms with Crippen molar-refractivity contribution in [1.82, 2.24) is 35.0 Å². The van der Waals surface area contributed by atoms with E-state index < -0.39 is 23.3 Å². The van der Waals surface area contributed by atoms with Crippen LogP contribution in [0, 0.1) is 41.2 Å². The number of terminal acetylenes is 1. The quantitative estimate of drug-likeness (QED) is 0.104. The van der Waals surface area contributed by atoms with E-state index in [0.717, 1.165) is 70.8 Å². The smallest absolute Gasteiger partial charge is 0.328 e. The maximum atomic E-state index is 17.0. The average Bonchev–Trinajstić information content (AvgIpc) is 3.39. The second-order valence-electron chi connectivity index (χ2n) is 21.9. The molecule has 17 heteroatoms. The van der Waals surface area contributed by atoms with Crippen LogP contribution < -0.4 is 19.9 Å². The lowest BCUT2D eigenvalue weighted by atomic mass is 9.65. The zero-order valence-electron chi connectivity index (χ0n) is 42.8. The van der Waals surface area contributed by atoms with Crippen molar-refractivity contribution in [3.63, 3.8) is 0 Å². The average molecular weight is 1010 g/mol. The summed E-state index contributed by atoms with van der Waals surface area (Å²) in [5.41, 5.74) is 1.37. The second kappa shape index (κ2) is 21.0. The number of anilines is 2. The largest absolute Gasteiger partial charge is 0.508 e. The number of pyridine rings is 1. The van der Waals surface area contributed by atoms with Crippen molar-refractivity contribution in [3.8, 4) is 35.4 Å². The van der Waals surface area contributed by atoms with Crippen molar-refractivity contribution in [2.75, 3.05) is 88.4 Å². The summed E-state index contributed by atoms with van der Waals surface area (Å²) in [6, 6.07) is 10.6. The number of imide groups is 1. The van der Waals surface area contributed by atoms with Gasteiger partial charge < -0.3 is 34.5 Å². The molecule has 0 bridgehead atoms. The van der Waals surface area contributed by atoms with E-state index >= 15 is 8.78 Å². The fourth-order valence-electron chi connectivity index (χ4n) is 12.3. The summed E-state index contributed by atoms with van der Waals surface area (Å²) in [4.78, 5) is 62.7. The standard InChI is InChI=1S/C57H67F2N9O6/c1-5-38-8-9-40(29-46(38)68-21-14-47(70)61-55(68)72)53(71)66-22-18-57(19-23-66)16-12-37(13-17-57)33-65-26-24-64(25-27-65)32-36(3)34-74-54-62-51-44(52(63-54)67-20-7-15-56(4,73)35-67)31-60-50(49(51)59)43-30-41(69)28-39-10-11-45(58)42(6-2)48(39)43/h2,8-11,28-31,36-37,69,73H,5,7,12-27,32-35H2,1,3-4H3,(H,61,70,72)/t36-,56-/m1/s1. The number of phenols is 1. The predicted molar refractivity (Wildman–Crippen MR) is 280 cm³/mol. The molecule has 0 unspecified atom stereocenters. The number of aromatic hydroxyl groups is 1. The molecule has 1 saturated carbocycles. The molecule has 5 aromatic rings. The number of aryl methyl sites for hydroxylation is 1. The number of ether oxygens (including phenoxy) is 1. The Kier molecular flexibility index (Phi) is 14.5. The van der Waals surface area contributed by atoms with Crippen LogP contribution >= 0.6 is 0 Å². The Morgan fingerprint density at radius 3 is 2.43 bits per heavy atom. The number of piperazine rings is 1. The number of β-amino-alcohol motifs (C(OH)–C–C–N with tert-alkyl or cyclic N) is 1. The predicted octanol–water partition coefficient (Wildman–Crippen LogP) is 7.92. The van der Waals surface area contributed by atoms with Gasteiger partial charge in [0.2, 0.25) is 5.91 Å². The van der Waals surface area contributed by atoms with E-state index in [-0.39, 0.29) is 82.2 Å². The molecule has 390 valence electrons. The van der Waals surface area contributed by atoms with Gasteiger partial charge in [-0.15, -0.1) is 6.42 Å². The van der Waals surface area contributed by atoms with Crippen molar-refractivity contribution in [2.24, 2.45) is 17.3 Å². The van der Waals surface area contributed by atoms with Crippen LogP contribution in [0.4, 0.5) is 25.1 Å². The molecule has 5 aliphatic rings. The third kappa shape index (κ3) is 10.6. The molecule has 4 aliphatic heterocycles. The van der Waals surface area contributed by atoms with E-state index in [1.54, 1.807) is 11.8 Å². The van der Waals surface area contributed by atoms with Crippen LogP contribution in [-0.4, -0.2) is 142 Å². The fraction of sp³-hybridized carbons (Fsp3) is 0.509. The zero-order valence-corrected chi connectivity index (χ0v) is 42.8. The number of aromatic nitrogens is 3. The molecule has 2 aromatic heterocycles. The van der Waals surface area contributed by atoms with Crippen LogP contribution in [-0.2, 0) is 11.2 Å². The molecule has 3 N–H and O–H groups in total. The minimum absolute atomic E-state index is 0.00312. The first-order valence-electron chi connectivity index (χ1n) is 26.5. The number of aliphatic hydroxyl groups is 1. The Morgan fingerprint density at radius 1 is 0.959 bits per heavy atom. The summed E-state index contributed by atoms with van der Waals surface area (Å²) >= 11 is 0. The summed E-state index contributed by atoms with van der Waals surface area (Å²) in [6.07, 6.45) is 16.2. The van der Waals surface area contributed by atoms with E-state index in [4.69, 9.17) is 16.1 Å². The van der Waals surface area contributed by atoms with Crippen LogP contribution in [0.2, 0.25) is 0 Å². The molecule has 6 heterocycles. The van der Waals surface area contributed by atoms with E-state index in [9.17, 15) is 24.6 Å². The Morgan fingerprint density at radius 2 is 1.72 bits per heavy atom. The SMILES string of the molecule is C#Cc1c(F)ccc2cc(O)cc(-c3ncc4c(N5CCC[C@@](C)(O)C5)nc(OC[C@H](C)CN5CCN(CC6CCC7(CC6)CCN(C(=O)c6ccc(CC)c(N8CCC(=O)NC8=O)c6)CC7)CC5)nc4c3F)c12. The molecule has 2 atom stereocenters. The number of likely N-dealkylation sites (tertiary alicyclic amines) is 1. The number of rotatable bonds is 12. The lowest BCUT2D eigenvalue weighted by Crippen LogP contribution is -2.50. The number of piperidine rings is 2. The maximum Gasteiger partial charge on any atom is 0.328 e. The molecular weight excluding hydrogens is 945 g/mol. The number of fused-ring (bicyclic) bond motifs is 2. The molecule has 15 nitrogen and oxygen atoms in total. The highest BCUT2D eigenvalue weighted by molar-refractivity contribution is 6.07. The summed E-state index contributed by atoms with van der Waals surface area (Å²) in [6.45, 7) is 14.6. The van der Waals surface area contributed by atoms with E-state index in [1.165, 1.54) is 56.1 Å². The van der Waals surface area contributed by atoms with Crippen LogP contribution in [0.1, 0.15) is 100 Å². The Hall–Kier alpha value is -6.48. The van der Waals surface area contributed by atoms with Crippen molar-refractivity contribution in [2.45, 2.75) is 90.6 Å². The van der Waals surface area contributed by atoms with Gasteiger partial charge in [-0.05, 0) is 117 Å². The Bertz CT molecular complexity index is 3010. The van der Waals surface area contributed by atoms with Crippen LogP contribution in [0.15, 0.2) is 48.7 Å². The van der Waals surface area contributed by atoms with Gasteiger partial charge in [-0.25, -0.2) is 13.6 Å². The van der Waals surface area contributed by atoms with Crippen LogP contribution in [0.3, 0.4) is 0 Å².